The summed E-state index contributed by atoms with van der Waals surface area (Å²) in [5.74, 6) is 0.223. The normalized spacial score (nSPS) is 21.7. The van der Waals surface area contributed by atoms with Gasteiger partial charge in [-0.1, -0.05) is 13.8 Å². The molecule has 3 atom stereocenters. The average Bonchev–Trinajstić information content (AvgIpc) is 3.06. The molecule has 206 valence electrons. The minimum Gasteiger partial charge on any atom is -0.496 e. The number of amides is 2. The van der Waals surface area contributed by atoms with Crippen molar-refractivity contribution in [3.05, 3.63) is 23.3 Å². The lowest BCUT2D eigenvalue weighted by Crippen LogP contribution is -2.56. The van der Waals surface area contributed by atoms with Gasteiger partial charge in [0.25, 0.3) is 0 Å². The summed E-state index contributed by atoms with van der Waals surface area (Å²) in [6.07, 6.45) is 2.34. The van der Waals surface area contributed by atoms with Gasteiger partial charge in [-0.25, -0.2) is 0 Å². The number of aliphatic hydroxyl groups excluding tert-OH is 1. The molecule has 0 saturated carbocycles. The molecule has 3 rings (SSSR count). The topological polar surface area (TPSA) is 115 Å². The van der Waals surface area contributed by atoms with Crippen LogP contribution in [0.4, 0.5) is 0 Å². The van der Waals surface area contributed by atoms with Crippen LogP contribution < -0.4 is 20.1 Å². The number of benzene rings is 1. The fraction of sp³-hybridized carbons (Fsp3) is 0.704. The van der Waals surface area contributed by atoms with Crippen molar-refractivity contribution in [3.8, 4) is 11.5 Å². The minimum absolute atomic E-state index is 0.265. The number of hydrogen-bond donors (Lipinski definition) is 3. The van der Waals surface area contributed by atoms with Gasteiger partial charge in [0.1, 0.15) is 17.5 Å². The van der Waals surface area contributed by atoms with E-state index in [1.165, 1.54) is 0 Å². The van der Waals surface area contributed by atoms with Crippen LogP contribution in [0, 0.1) is 11.8 Å². The molecule has 1 heterocycles. The Morgan fingerprint density at radius 3 is 2.14 bits per heavy atom. The predicted octanol–water partition coefficient (Wildman–Crippen LogP) is 2.45. The molecule has 1 unspecified atom stereocenters. The number of hydrogen-bond acceptors (Lipinski definition) is 7. The maximum Gasteiger partial charge on any atom is 0.481 e. The molecule has 10 heteroatoms. The Balaban J connectivity index is 1.69. The molecule has 0 bridgehead atoms. The summed E-state index contributed by atoms with van der Waals surface area (Å²) in [6.45, 7) is 11.4. The van der Waals surface area contributed by atoms with Gasteiger partial charge in [-0.2, -0.15) is 0 Å². The van der Waals surface area contributed by atoms with E-state index < -0.39 is 42.8 Å². The van der Waals surface area contributed by atoms with Crippen molar-refractivity contribution in [2.75, 3.05) is 20.8 Å². The van der Waals surface area contributed by atoms with Crippen molar-refractivity contribution in [1.29, 1.82) is 0 Å². The quantitative estimate of drug-likeness (QED) is 0.408. The predicted molar refractivity (Wildman–Crippen MR) is 142 cm³/mol. The highest BCUT2D eigenvalue weighted by molar-refractivity contribution is 6.48. The molecule has 1 aliphatic carbocycles. The molecule has 1 aliphatic heterocycles. The molecule has 1 fully saturated rings. The van der Waals surface area contributed by atoms with Gasteiger partial charge in [-0.05, 0) is 71.4 Å². The highest BCUT2D eigenvalue weighted by Gasteiger charge is 2.54. The molecular formula is C27H43BN2O7. The maximum atomic E-state index is 13.2. The first kappa shape index (κ1) is 29.3. The van der Waals surface area contributed by atoms with E-state index in [1.807, 2.05) is 39.8 Å². The second-order valence-corrected chi connectivity index (χ2v) is 11.5. The number of ether oxygens (including phenoxy) is 2. The molecule has 1 aromatic carbocycles. The summed E-state index contributed by atoms with van der Waals surface area (Å²) in [5, 5.41) is 15.7. The lowest BCUT2D eigenvalue weighted by Gasteiger charge is -2.32. The van der Waals surface area contributed by atoms with Crippen LogP contribution in [-0.2, 0) is 31.7 Å². The molecule has 37 heavy (non-hydrogen) atoms. The maximum absolute atomic E-state index is 13.2. The van der Waals surface area contributed by atoms with E-state index >= 15 is 0 Å². The number of carbonyl (C=O) groups is 2. The first-order chi connectivity index (χ1) is 17.3. The van der Waals surface area contributed by atoms with Gasteiger partial charge < -0.3 is 34.5 Å². The smallest absolute Gasteiger partial charge is 0.481 e. The summed E-state index contributed by atoms with van der Waals surface area (Å²) >= 11 is 0. The number of aliphatic hydroxyl groups is 1. The zero-order valence-corrected chi connectivity index (χ0v) is 23.5. The van der Waals surface area contributed by atoms with E-state index in [0.717, 1.165) is 16.9 Å². The molecule has 1 saturated heterocycles. The average molecular weight is 518 g/mol. The van der Waals surface area contributed by atoms with Gasteiger partial charge >= 0.3 is 7.12 Å². The third-order valence-corrected chi connectivity index (χ3v) is 7.82. The largest absolute Gasteiger partial charge is 0.496 e. The monoisotopic (exact) mass is 518 g/mol. The molecule has 0 spiro atoms. The molecule has 9 nitrogen and oxygen atoms in total. The molecule has 2 aliphatic rings. The van der Waals surface area contributed by atoms with Crippen molar-refractivity contribution in [1.82, 2.24) is 10.6 Å². The Labute approximate surface area is 221 Å². The fourth-order valence-corrected chi connectivity index (χ4v) is 4.99. The second kappa shape index (κ2) is 11.6. The van der Waals surface area contributed by atoms with Crippen molar-refractivity contribution >= 4 is 18.9 Å². The van der Waals surface area contributed by atoms with E-state index in [9.17, 15) is 14.7 Å². The third-order valence-electron chi connectivity index (χ3n) is 7.82. The van der Waals surface area contributed by atoms with Gasteiger partial charge in [0, 0.05) is 17.0 Å². The Morgan fingerprint density at radius 2 is 1.62 bits per heavy atom. The number of methoxy groups -OCH3 is 2. The molecule has 1 aromatic rings. The van der Waals surface area contributed by atoms with Gasteiger partial charge in [0.15, 0.2) is 0 Å². The lowest BCUT2D eigenvalue weighted by atomic mass is 9.74. The molecule has 0 aromatic heterocycles. The van der Waals surface area contributed by atoms with Crippen molar-refractivity contribution in [3.63, 3.8) is 0 Å². The fourth-order valence-electron chi connectivity index (χ4n) is 4.99. The Morgan fingerprint density at radius 1 is 1.05 bits per heavy atom. The van der Waals surface area contributed by atoms with Crippen LogP contribution >= 0.6 is 0 Å². The summed E-state index contributed by atoms with van der Waals surface area (Å²) < 4.78 is 23.4. The van der Waals surface area contributed by atoms with Crippen LogP contribution in [0.5, 0.6) is 11.5 Å². The van der Waals surface area contributed by atoms with Crippen LogP contribution in [0.2, 0.25) is 0 Å². The van der Waals surface area contributed by atoms with Gasteiger partial charge in [0.05, 0.1) is 38.0 Å². The summed E-state index contributed by atoms with van der Waals surface area (Å²) in [7, 11) is 2.59. The molecular weight excluding hydrogens is 475 g/mol. The van der Waals surface area contributed by atoms with E-state index in [-0.39, 0.29) is 17.7 Å². The Hall–Kier alpha value is -2.30. The first-order valence-electron chi connectivity index (χ1n) is 13.1. The van der Waals surface area contributed by atoms with Gasteiger partial charge in [0.2, 0.25) is 11.8 Å². The highest BCUT2D eigenvalue weighted by Crippen LogP contribution is 2.39. The lowest BCUT2D eigenvalue weighted by molar-refractivity contribution is -0.132. The van der Waals surface area contributed by atoms with Gasteiger partial charge in [-0.3, -0.25) is 9.59 Å². The van der Waals surface area contributed by atoms with Crippen LogP contribution in [0.25, 0.3) is 0 Å². The summed E-state index contributed by atoms with van der Waals surface area (Å²) in [5.41, 5.74) is 0.907. The van der Waals surface area contributed by atoms with Crippen molar-refractivity contribution < 1.29 is 33.5 Å². The van der Waals surface area contributed by atoms with E-state index in [4.69, 9.17) is 18.8 Å². The number of rotatable bonds is 10. The van der Waals surface area contributed by atoms with Crippen molar-refractivity contribution in [2.45, 2.75) is 90.4 Å². The zero-order chi connectivity index (χ0) is 27.5. The van der Waals surface area contributed by atoms with E-state index in [0.29, 0.717) is 31.4 Å². The number of fused-ring (bicyclic) bond motifs is 1. The SMILES string of the molecule is COc1ccc(OC)c2c1CCC(C(=O)N[C@@H](CO)C(=O)N[C@@H](CC(C)C)B1OC(C)(C)C(C)(C)O1)C2. The van der Waals surface area contributed by atoms with Crippen molar-refractivity contribution in [2.24, 2.45) is 11.8 Å². The Kier molecular flexibility index (Phi) is 9.19. The van der Waals surface area contributed by atoms with Crippen LogP contribution in [0.15, 0.2) is 12.1 Å². The third kappa shape index (κ3) is 6.41. The zero-order valence-electron chi connectivity index (χ0n) is 23.5. The second-order valence-electron chi connectivity index (χ2n) is 11.5. The van der Waals surface area contributed by atoms with Crippen LogP contribution in [0.1, 0.15) is 65.5 Å². The highest BCUT2D eigenvalue weighted by atomic mass is 16.7. The van der Waals surface area contributed by atoms with E-state index in [1.54, 1.807) is 14.2 Å². The Bertz CT molecular complexity index is 966. The molecule has 3 N–H and O–H groups in total. The summed E-state index contributed by atoms with van der Waals surface area (Å²) in [6, 6.07) is 2.63. The van der Waals surface area contributed by atoms with Gasteiger partial charge in [-0.15, -0.1) is 0 Å². The van der Waals surface area contributed by atoms with E-state index in [2.05, 4.69) is 24.5 Å². The number of nitrogens with one attached hydrogen (secondary N) is 2. The number of carbonyl (C=O) groups excluding carboxylic acids is 2. The minimum atomic E-state index is -1.09. The van der Waals surface area contributed by atoms with Crippen LogP contribution in [0.3, 0.4) is 0 Å². The molecule has 0 radical (unpaired) electrons. The first-order valence-corrected chi connectivity index (χ1v) is 13.1. The molecule has 2 amide bonds. The van der Waals surface area contributed by atoms with Crippen LogP contribution in [-0.4, -0.2) is 68.1 Å². The summed E-state index contributed by atoms with van der Waals surface area (Å²) in [4.78, 5) is 26.4. The standard InChI is InChI=1S/C27H43BN2O7/c1-16(2)13-23(28-36-26(3,4)27(5,6)37-28)30-25(33)20(15-31)29-24(32)17-9-10-18-19(14-17)22(35-8)12-11-21(18)34-7/h11-12,16-17,20,23,31H,9-10,13-15H2,1-8H3,(H,29,32)(H,30,33)/t17?,20-,23-/m0/s1.